The number of pyridine rings is 1. The lowest BCUT2D eigenvalue weighted by Gasteiger charge is -2.10. The average molecular weight is 223 g/mol. The van der Waals surface area contributed by atoms with Crippen LogP contribution in [0, 0.1) is 5.92 Å². The first kappa shape index (κ1) is 10.2. The second-order valence-corrected chi connectivity index (χ2v) is 3.89. The summed E-state index contributed by atoms with van der Waals surface area (Å²) in [6.07, 6.45) is 8.81. The molecule has 0 saturated heterocycles. The second kappa shape index (κ2) is 4.45. The van der Waals surface area contributed by atoms with Gasteiger partial charge in [-0.15, -0.1) is 0 Å². The molecular formula is C11H11ClN2O. The number of hydrogen-bond acceptors (Lipinski definition) is 2. The number of halogens is 1. The molecule has 0 aliphatic heterocycles. The first-order valence-electron chi connectivity index (χ1n) is 4.83. The quantitative estimate of drug-likeness (QED) is 0.782. The Bertz CT molecular complexity index is 395. The fourth-order valence-corrected chi connectivity index (χ4v) is 1.69. The van der Waals surface area contributed by atoms with Crippen LogP contribution in [0.2, 0.25) is 5.02 Å². The number of allylic oxidation sites excluding steroid dienone is 2. The molecule has 0 aromatic carbocycles. The number of anilines is 1. The van der Waals surface area contributed by atoms with Crippen LogP contribution in [0.3, 0.4) is 0 Å². The van der Waals surface area contributed by atoms with Crippen molar-refractivity contribution in [2.24, 2.45) is 5.92 Å². The highest BCUT2D eigenvalue weighted by atomic mass is 35.5. The Labute approximate surface area is 93.2 Å². The van der Waals surface area contributed by atoms with Crippen LogP contribution in [0.5, 0.6) is 0 Å². The van der Waals surface area contributed by atoms with Crippen molar-refractivity contribution >= 4 is 23.2 Å². The zero-order valence-electron chi connectivity index (χ0n) is 8.11. The van der Waals surface area contributed by atoms with Gasteiger partial charge in [0.1, 0.15) is 0 Å². The maximum atomic E-state index is 11.7. The lowest BCUT2D eigenvalue weighted by molar-refractivity contribution is -0.119. The van der Waals surface area contributed by atoms with Crippen molar-refractivity contribution in [1.29, 1.82) is 0 Å². The molecule has 78 valence electrons. The summed E-state index contributed by atoms with van der Waals surface area (Å²) in [7, 11) is 0. The van der Waals surface area contributed by atoms with Crippen LogP contribution < -0.4 is 5.32 Å². The monoisotopic (exact) mass is 222 g/mol. The predicted octanol–water partition coefficient (Wildman–Crippen LogP) is 2.64. The molecule has 0 radical (unpaired) electrons. The highest BCUT2D eigenvalue weighted by Crippen LogP contribution is 2.23. The Hall–Kier alpha value is -1.35. The van der Waals surface area contributed by atoms with E-state index in [2.05, 4.69) is 10.3 Å². The van der Waals surface area contributed by atoms with Gasteiger partial charge in [0.05, 0.1) is 16.9 Å². The molecule has 1 aromatic heterocycles. The van der Waals surface area contributed by atoms with Crippen LogP contribution in [-0.2, 0) is 4.79 Å². The molecule has 0 atom stereocenters. The van der Waals surface area contributed by atoms with E-state index in [4.69, 9.17) is 11.6 Å². The minimum absolute atomic E-state index is 0.00917. The van der Waals surface area contributed by atoms with Crippen molar-refractivity contribution < 1.29 is 4.79 Å². The van der Waals surface area contributed by atoms with Gasteiger partial charge >= 0.3 is 0 Å². The van der Waals surface area contributed by atoms with Crippen LogP contribution in [0.1, 0.15) is 12.8 Å². The number of nitrogens with one attached hydrogen (secondary N) is 1. The third-order valence-corrected chi connectivity index (χ3v) is 2.73. The molecule has 0 spiro atoms. The van der Waals surface area contributed by atoms with Crippen molar-refractivity contribution in [1.82, 2.24) is 4.98 Å². The largest absolute Gasteiger partial charge is 0.323 e. The summed E-state index contributed by atoms with van der Waals surface area (Å²) >= 11 is 5.90. The van der Waals surface area contributed by atoms with Crippen molar-refractivity contribution in [3.05, 3.63) is 35.6 Å². The molecule has 0 bridgehead atoms. The van der Waals surface area contributed by atoms with E-state index in [1.165, 1.54) is 0 Å². The Kier molecular flexibility index (Phi) is 3.02. The Morgan fingerprint density at radius 1 is 1.47 bits per heavy atom. The fourth-order valence-electron chi connectivity index (χ4n) is 1.54. The maximum Gasteiger partial charge on any atom is 0.228 e. The molecule has 0 fully saturated rings. The van der Waals surface area contributed by atoms with Crippen molar-refractivity contribution in [2.45, 2.75) is 12.8 Å². The summed E-state index contributed by atoms with van der Waals surface area (Å²) in [6.45, 7) is 0. The standard InChI is InChI=1S/C11H11ClN2O/c12-9-5-6-13-7-10(9)14-11(15)8-3-1-2-4-8/h1-2,5-8H,3-4H2,(H,14,15). The number of carbonyl (C=O) groups is 1. The zero-order chi connectivity index (χ0) is 10.7. The van der Waals surface area contributed by atoms with Gasteiger partial charge in [-0.1, -0.05) is 23.8 Å². The zero-order valence-corrected chi connectivity index (χ0v) is 8.87. The van der Waals surface area contributed by atoms with E-state index in [-0.39, 0.29) is 11.8 Å². The molecule has 1 N–H and O–H groups in total. The number of aromatic nitrogens is 1. The van der Waals surface area contributed by atoms with Crippen LogP contribution in [0.25, 0.3) is 0 Å². The number of nitrogens with zero attached hydrogens (tertiary/aromatic N) is 1. The number of carbonyl (C=O) groups excluding carboxylic acids is 1. The summed E-state index contributed by atoms with van der Waals surface area (Å²) in [4.78, 5) is 15.6. The van der Waals surface area contributed by atoms with E-state index in [1.54, 1.807) is 18.5 Å². The van der Waals surface area contributed by atoms with E-state index in [1.807, 2.05) is 12.2 Å². The highest BCUT2D eigenvalue weighted by molar-refractivity contribution is 6.33. The van der Waals surface area contributed by atoms with Crippen molar-refractivity contribution in [2.75, 3.05) is 5.32 Å². The topological polar surface area (TPSA) is 42.0 Å². The minimum atomic E-state index is 0.00917. The van der Waals surface area contributed by atoms with Gasteiger partial charge in [-0.25, -0.2) is 0 Å². The van der Waals surface area contributed by atoms with Gasteiger partial charge < -0.3 is 5.32 Å². The molecule has 0 unspecified atom stereocenters. The van der Waals surface area contributed by atoms with Crippen LogP contribution in [0.15, 0.2) is 30.6 Å². The Morgan fingerprint density at radius 3 is 2.87 bits per heavy atom. The highest BCUT2D eigenvalue weighted by Gasteiger charge is 2.19. The van der Waals surface area contributed by atoms with Gasteiger partial charge in [0.25, 0.3) is 0 Å². The van der Waals surface area contributed by atoms with E-state index >= 15 is 0 Å². The molecular weight excluding hydrogens is 212 g/mol. The van der Waals surface area contributed by atoms with E-state index in [9.17, 15) is 4.79 Å². The maximum absolute atomic E-state index is 11.7. The molecule has 15 heavy (non-hydrogen) atoms. The summed E-state index contributed by atoms with van der Waals surface area (Å²) < 4.78 is 0. The summed E-state index contributed by atoms with van der Waals surface area (Å²) in [5.74, 6) is 0.0520. The van der Waals surface area contributed by atoms with Crippen molar-refractivity contribution in [3.8, 4) is 0 Å². The molecule has 1 aromatic rings. The first-order valence-corrected chi connectivity index (χ1v) is 5.20. The Morgan fingerprint density at radius 2 is 2.20 bits per heavy atom. The molecule has 2 rings (SSSR count). The van der Waals surface area contributed by atoms with E-state index in [0.29, 0.717) is 10.7 Å². The lowest BCUT2D eigenvalue weighted by Crippen LogP contribution is -2.20. The molecule has 1 heterocycles. The summed E-state index contributed by atoms with van der Waals surface area (Å²) in [6, 6.07) is 1.66. The van der Waals surface area contributed by atoms with Gasteiger partial charge in [-0.2, -0.15) is 0 Å². The fraction of sp³-hybridized carbons (Fsp3) is 0.273. The normalized spacial score (nSPS) is 15.5. The van der Waals surface area contributed by atoms with Gasteiger partial charge in [0, 0.05) is 12.1 Å². The van der Waals surface area contributed by atoms with Crippen LogP contribution in [0.4, 0.5) is 5.69 Å². The van der Waals surface area contributed by atoms with Gasteiger partial charge in [0.15, 0.2) is 0 Å². The van der Waals surface area contributed by atoms with Gasteiger partial charge in [-0.05, 0) is 18.9 Å². The SMILES string of the molecule is O=C(Nc1cnccc1Cl)C1CC=CC1. The average Bonchev–Trinajstić information content (AvgIpc) is 2.74. The van der Waals surface area contributed by atoms with Crippen LogP contribution >= 0.6 is 11.6 Å². The molecule has 1 amide bonds. The minimum Gasteiger partial charge on any atom is -0.323 e. The lowest BCUT2D eigenvalue weighted by atomic mass is 10.1. The molecule has 0 saturated carbocycles. The number of hydrogen-bond donors (Lipinski definition) is 1. The van der Waals surface area contributed by atoms with E-state index < -0.39 is 0 Å². The molecule has 4 heteroatoms. The smallest absolute Gasteiger partial charge is 0.228 e. The third kappa shape index (κ3) is 2.36. The molecule has 1 aliphatic carbocycles. The third-order valence-electron chi connectivity index (χ3n) is 2.40. The summed E-state index contributed by atoms with van der Waals surface area (Å²) in [5.41, 5.74) is 0.580. The first-order chi connectivity index (χ1) is 7.27. The van der Waals surface area contributed by atoms with Gasteiger partial charge in [-0.3, -0.25) is 9.78 Å². The molecule has 1 aliphatic rings. The Balaban J connectivity index is 2.02. The van der Waals surface area contributed by atoms with Crippen molar-refractivity contribution in [3.63, 3.8) is 0 Å². The predicted molar refractivity (Wildman–Crippen MR) is 59.7 cm³/mol. The number of rotatable bonds is 2. The van der Waals surface area contributed by atoms with Gasteiger partial charge in [0.2, 0.25) is 5.91 Å². The van der Waals surface area contributed by atoms with Crippen LogP contribution in [-0.4, -0.2) is 10.9 Å². The number of amides is 1. The molecule has 3 nitrogen and oxygen atoms in total. The summed E-state index contributed by atoms with van der Waals surface area (Å²) in [5, 5.41) is 3.30. The second-order valence-electron chi connectivity index (χ2n) is 3.48. The van der Waals surface area contributed by atoms with E-state index in [0.717, 1.165) is 12.8 Å².